The van der Waals surface area contributed by atoms with Crippen LogP contribution >= 0.6 is 33.9 Å². The Hall–Kier alpha value is -0.350. The molecule has 0 aliphatic carbocycles. The van der Waals surface area contributed by atoms with Crippen LogP contribution in [-0.2, 0) is 0 Å². The fraction of sp³-hybridized carbons (Fsp3) is 0.0909. The van der Waals surface area contributed by atoms with Crippen molar-refractivity contribution in [2.24, 2.45) is 0 Å². The van der Waals surface area contributed by atoms with Gasteiger partial charge in [-0.3, -0.25) is 0 Å². The van der Waals surface area contributed by atoms with E-state index >= 15 is 0 Å². The number of halogens is 1. The minimum absolute atomic E-state index is 1.30. The maximum atomic E-state index is 2.34. The van der Waals surface area contributed by atoms with Gasteiger partial charge in [0.25, 0.3) is 0 Å². The zero-order valence-electron chi connectivity index (χ0n) is 7.25. The van der Waals surface area contributed by atoms with Gasteiger partial charge in [0.15, 0.2) is 0 Å². The van der Waals surface area contributed by atoms with Gasteiger partial charge in [0, 0.05) is 8.45 Å². The number of rotatable bonds is 1. The Balaban J connectivity index is 2.53. The smallest absolute Gasteiger partial charge is 0.0345 e. The quantitative estimate of drug-likeness (QED) is 0.688. The number of benzene rings is 1. The molecule has 2 rings (SSSR count). The fourth-order valence-corrected chi connectivity index (χ4v) is 2.80. The average molecular weight is 300 g/mol. The second-order valence-electron chi connectivity index (χ2n) is 2.94. The van der Waals surface area contributed by atoms with E-state index in [1.54, 1.807) is 11.3 Å². The topological polar surface area (TPSA) is 0 Å². The molecule has 0 bridgehead atoms. The van der Waals surface area contributed by atoms with Crippen molar-refractivity contribution in [3.63, 3.8) is 0 Å². The molecule has 0 saturated carbocycles. The summed E-state index contributed by atoms with van der Waals surface area (Å²) >= 11 is 4.14. The maximum Gasteiger partial charge on any atom is 0.0345 e. The number of hydrogen-bond acceptors (Lipinski definition) is 1. The monoisotopic (exact) mass is 300 g/mol. The molecule has 0 saturated heterocycles. The van der Waals surface area contributed by atoms with Crippen molar-refractivity contribution >= 4 is 33.9 Å². The molecule has 1 aromatic heterocycles. The lowest BCUT2D eigenvalue weighted by Gasteiger charge is -2.02. The molecule has 0 N–H and O–H groups in total. The van der Waals surface area contributed by atoms with Crippen LogP contribution in [0.3, 0.4) is 0 Å². The number of hydrogen-bond donors (Lipinski definition) is 0. The van der Waals surface area contributed by atoms with Gasteiger partial charge in [-0.1, -0.05) is 12.1 Å². The third-order valence-electron chi connectivity index (χ3n) is 1.98. The Morgan fingerprint density at radius 3 is 2.69 bits per heavy atom. The highest BCUT2D eigenvalue weighted by Crippen LogP contribution is 2.28. The van der Waals surface area contributed by atoms with E-state index in [2.05, 4.69) is 65.2 Å². The maximum absolute atomic E-state index is 2.34. The van der Waals surface area contributed by atoms with Crippen molar-refractivity contribution in [3.05, 3.63) is 44.8 Å². The Bertz CT molecular complexity index is 404. The summed E-state index contributed by atoms with van der Waals surface area (Å²) in [5.41, 5.74) is 2.71. The molecule has 0 fully saturated rings. The van der Waals surface area contributed by atoms with Crippen LogP contribution in [0, 0.1) is 10.5 Å². The minimum Gasteiger partial charge on any atom is -0.144 e. The summed E-state index contributed by atoms with van der Waals surface area (Å²) in [6.45, 7) is 2.16. The summed E-state index contributed by atoms with van der Waals surface area (Å²) in [5.74, 6) is 0. The summed E-state index contributed by atoms with van der Waals surface area (Å²) in [4.78, 5) is 1.36. The van der Waals surface area contributed by atoms with Gasteiger partial charge in [-0.25, -0.2) is 0 Å². The summed E-state index contributed by atoms with van der Waals surface area (Å²) in [5, 5.41) is 2.12. The predicted octanol–water partition coefficient (Wildman–Crippen LogP) is 4.33. The van der Waals surface area contributed by atoms with E-state index in [0.717, 1.165) is 0 Å². The fourth-order valence-electron chi connectivity index (χ4n) is 1.34. The molecule has 13 heavy (non-hydrogen) atoms. The van der Waals surface area contributed by atoms with Crippen molar-refractivity contribution < 1.29 is 0 Å². The summed E-state index contributed by atoms with van der Waals surface area (Å²) in [6.07, 6.45) is 0. The zero-order chi connectivity index (χ0) is 9.26. The molecule has 1 heterocycles. The SMILES string of the molecule is Cc1cc(I)ccc1-c1cccs1. The molecule has 1 aromatic carbocycles. The lowest BCUT2D eigenvalue weighted by Crippen LogP contribution is -1.80. The molecule has 66 valence electrons. The number of thiophene rings is 1. The summed E-state index contributed by atoms with van der Waals surface area (Å²) in [7, 11) is 0. The molecule has 2 aromatic rings. The highest BCUT2D eigenvalue weighted by molar-refractivity contribution is 14.1. The van der Waals surface area contributed by atoms with Crippen LogP contribution in [0.4, 0.5) is 0 Å². The van der Waals surface area contributed by atoms with Gasteiger partial charge in [-0.15, -0.1) is 11.3 Å². The molecule has 0 nitrogen and oxygen atoms in total. The van der Waals surface area contributed by atoms with Crippen LogP contribution in [0.2, 0.25) is 0 Å². The van der Waals surface area contributed by atoms with Crippen LogP contribution in [-0.4, -0.2) is 0 Å². The third kappa shape index (κ3) is 1.94. The Morgan fingerprint density at radius 2 is 2.08 bits per heavy atom. The van der Waals surface area contributed by atoms with Gasteiger partial charge in [0.2, 0.25) is 0 Å². The van der Waals surface area contributed by atoms with Crippen molar-refractivity contribution in [2.45, 2.75) is 6.92 Å². The highest BCUT2D eigenvalue weighted by Gasteiger charge is 2.01. The van der Waals surface area contributed by atoms with Crippen molar-refractivity contribution in [3.8, 4) is 10.4 Å². The van der Waals surface area contributed by atoms with E-state index in [0.29, 0.717) is 0 Å². The number of aryl methyl sites for hydroxylation is 1. The zero-order valence-corrected chi connectivity index (χ0v) is 10.2. The second-order valence-corrected chi connectivity index (χ2v) is 5.13. The molecule has 0 amide bonds. The molecule has 0 aliphatic heterocycles. The first-order valence-corrected chi connectivity index (χ1v) is 6.03. The van der Waals surface area contributed by atoms with E-state index in [-0.39, 0.29) is 0 Å². The standard InChI is InChI=1S/C11H9IS/c1-8-7-9(12)4-5-10(8)11-3-2-6-13-11/h2-7H,1H3. The molecular formula is C11H9IS. The van der Waals surface area contributed by atoms with Crippen LogP contribution in [0.15, 0.2) is 35.7 Å². The van der Waals surface area contributed by atoms with Gasteiger partial charge in [-0.05, 0) is 64.2 Å². The van der Waals surface area contributed by atoms with Crippen LogP contribution in [0.25, 0.3) is 10.4 Å². The van der Waals surface area contributed by atoms with E-state index in [9.17, 15) is 0 Å². The first kappa shape index (κ1) is 9.21. The molecule has 0 aliphatic rings. The Labute approximate surface area is 95.8 Å². The van der Waals surface area contributed by atoms with Gasteiger partial charge in [-0.2, -0.15) is 0 Å². The average Bonchev–Trinajstić information content (AvgIpc) is 2.56. The van der Waals surface area contributed by atoms with Crippen molar-refractivity contribution in [2.75, 3.05) is 0 Å². The highest BCUT2D eigenvalue weighted by atomic mass is 127. The van der Waals surface area contributed by atoms with Gasteiger partial charge < -0.3 is 0 Å². The van der Waals surface area contributed by atoms with Crippen LogP contribution in [0.1, 0.15) is 5.56 Å². The molecule has 0 atom stereocenters. The minimum atomic E-state index is 1.30. The molecule has 0 spiro atoms. The first-order valence-electron chi connectivity index (χ1n) is 4.07. The lowest BCUT2D eigenvalue weighted by atomic mass is 10.1. The molecule has 0 unspecified atom stereocenters. The van der Waals surface area contributed by atoms with Gasteiger partial charge >= 0.3 is 0 Å². The van der Waals surface area contributed by atoms with Crippen molar-refractivity contribution in [1.29, 1.82) is 0 Å². The Morgan fingerprint density at radius 1 is 1.23 bits per heavy atom. The van der Waals surface area contributed by atoms with Gasteiger partial charge in [0.05, 0.1) is 0 Å². The van der Waals surface area contributed by atoms with Crippen molar-refractivity contribution in [1.82, 2.24) is 0 Å². The normalized spacial score (nSPS) is 10.3. The largest absolute Gasteiger partial charge is 0.144 e. The van der Waals surface area contributed by atoms with E-state index in [1.165, 1.54) is 19.6 Å². The molecular weight excluding hydrogens is 291 g/mol. The third-order valence-corrected chi connectivity index (χ3v) is 3.55. The Kier molecular flexibility index (Phi) is 2.69. The van der Waals surface area contributed by atoms with E-state index in [4.69, 9.17) is 0 Å². The van der Waals surface area contributed by atoms with E-state index < -0.39 is 0 Å². The summed E-state index contributed by atoms with van der Waals surface area (Å²) < 4.78 is 1.30. The molecule has 0 radical (unpaired) electrons. The first-order chi connectivity index (χ1) is 6.27. The van der Waals surface area contributed by atoms with Crippen LogP contribution < -0.4 is 0 Å². The molecule has 2 heteroatoms. The summed E-state index contributed by atoms with van der Waals surface area (Å²) in [6, 6.07) is 10.8. The predicted molar refractivity (Wildman–Crippen MR) is 67.2 cm³/mol. The van der Waals surface area contributed by atoms with Crippen LogP contribution in [0.5, 0.6) is 0 Å². The van der Waals surface area contributed by atoms with Gasteiger partial charge in [0.1, 0.15) is 0 Å². The second kappa shape index (κ2) is 3.80. The lowest BCUT2D eigenvalue weighted by molar-refractivity contribution is 1.45. The van der Waals surface area contributed by atoms with E-state index in [1.807, 2.05) is 0 Å².